The summed E-state index contributed by atoms with van der Waals surface area (Å²) in [4.78, 5) is 17.0. The minimum atomic E-state index is -0.649. The quantitative estimate of drug-likeness (QED) is 0.377. The molecule has 1 aliphatic carbocycles. The molecule has 0 amide bonds. The number of allylic oxidation sites excluding steroid dienone is 3. The number of anilines is 1. The van der Waals surface area contributed by atoms with Crippen molar-refractivity contribution < 1.29 is 9.53 Å². The summed E-state index contributed by atoms with van der Waals surface area (Å²) in [6.45, 7) is 3.86. The molecular formula is C25H28Cl2N2O2. The van der Waals surface area contributed by atoms with Crippen LogP contribution in [0.3, 0.4) is 0 Å². The van der Waals surface area contributed by atoms with Crippen molar-refractivity contribution in [1.82, 2.24) is 0 Å². The molecule has 164 valence electrons. The van der Waals surface area contributed by atoms with E-state index in [1.807, 2.05) is 86.9 Å². The van der Waals surface area contributed by atoms with Crippen LogP contribution in [0.4, 0.5) is 11.4 Å². The van der Waals surface area contributed by atoms with Crippen LogP contribution in [0, 0.1) is 11.3 Å². The van der Waals surface area contributed by atoms with Crippen LogP contribution >= 0.6 is 24.0 Å². The van der Waals surface area contributed by atoms with E-state index in [4.69, 9.17) is 16.3 Å². The first kappa shape index (κ1) is 24.7. The maximum absolute atomic E-state index is 12.4. The van der Waals surface area contributed by atoms with Gasteiger partial charge in [0, 0.05) is 23.1 Å². The van der Waals surface area contributed by atoms with Crippen molar-refractivity contribution in [3.8, 4) is 0 Å². The molecule has 0 fully saturated rings. The van der Waals surface area contributed by atoms with Gasteiger partial charge in [0.1, 0.15) is 0 Å². The Hall–Kier alpha value is -2.56. The molecule has 2 aromatic carbocycles. The standard InChI is InChI=1S/C25H27ClN2O2.ClH/c1-25(2,24(29)30-3)20-14-18(16-27-21-10-6-4-7-11-21)23(26)19(15-20)17-28-22-12-8-5-9-13-22;/h4-13,16-17,20,27H,14-15H2,1-3H3;1H/b18-16+,28-17+;. The first-order valence-corrected chi connectivity index (χ1v) is 10.4. The Morgan fingerprint density at radius 1 is 1.10 bits per heavy atom. The Bertz CT molecular complexity index is 968. The molecule has 1 aliphatic rings. The fourth-order valence-corrected chi connectivity index (χ4v) is 3.79. The summed E-state index contributed by atoms with van der Waals surface area (Å²) >= 11 is 6.77. The zero-order valence-electron chi connectivity index (χ0n) is 18.0. The largest absolute Gasteiger partial charge is 0.469 e. The molecule has 0 saturated carbocycles. The number of nitrogens with one attached hydrogen (secondary N) is 1. The number of ether oxygens (including phenoxy) is 1. The molecule has 2 aromatic rings. The van der Waals surface area contributed by atoms with Gasteiger partial charge in [-0.05, 0) is 68.0 Å². The Morgan fingerprint density at radius 2 is 1.71 bits per heavy atom. The number of para-hydroxylation sites is 2. The van der Waals surface area contributed by atoms with Crippen LogP contribution in [0.1, 0.15) is 26.7 Å². The van der Waals surface area contributed by atoms with E-state index in [1.54, 1.807) is 0 Å². The molecule has 0 heterocycles. The van der Waals surface area contributed by atoms with Gasteiger partial charge in [-0.1, -0.05) is 48.0 Å². The van der Waals surface area contributed by atoms with Gasteiger partial charge in [-0.2, -0.15) is 0 Å². The molecule has 4 nitrogen and oxygen atoms in total. The number of hydrogen-bond donors (Lipinski definition) is 1. The minimum absolute atomic E-state index is 0. The topological polar surface area (TPSA) is 50.7 Å². The summed E-state index contributed by atoms with van der Waals surface area (Å²) in [7, 11) is 1.43. The number of aliphatic imine (C=N–C) groups is 1. The number of carbonyl (C=O) groups is 1. The second-order valence-electron chi connectivity index (χ2n) is 7.93. The van der Waals surface area contributed by atoms with Crippen LogP contribution in [0.15, 0.2) is 88.0 Å². The van der Waals surface area contributed by atoms with E-state index < -0.39 is 5.41 Å². The van der Waals surface area contributed by atoms with Gasteiger partial charge >= 0.3 is 5.97 Å². The SMILES string of the molecule is COC(=O)C(C)(C)C1CC(/C=N/c2ccccc2)=C(Cl)C(=C/Nc2ccccc2)/C1.Cl. The molecule has 0 aliphatic heterocycles. The summed E-state index contributed by atoms with van der Waals surface area (Å²) in [6.07, 6.45) is 5.06. The molecule has 0 radical (unpaired) electrons. The molecule has 0 spiro atoms. The number of hydrogen-bond acceptors (Lipinski definition) is 4. The Balaban J connectivity index is 0.00000341. The van der Waals surface area contributed by atoms with Gasteiger partial charge in [0.15, 0.2) is 0 Å². The maximum atomic E-state index is 12.4. The molecule has 1 atom stereocenters. The number of halogens is 2. The average Bonchev–Trinajstić information content (AvgIpc) is 2.78. The minimum Gasteiger partial charge on any atom is -0.469 e. The van der Waals surface area contributed by atoms with Crippen molar-refractivity contribution in [3.05, 3.63) is 83.0 Å². The number of esters is 1. The predicted octanol–water partition coefficient (Wildman–Crippen LogP) is 6.91. The van der Waals surface area contributed by atoms with E-state index in [0.717, 1.165) is 22.5 Å². The fourth-order valence-electron chi connectivity index (χ4n) is 3.53. The summed E-state index contributed by atoms with van der Waals surface area (Å²) < 4.78 is 5.07. The smallest absolute Gasteiger partial charge is 0.311 e. The van der Waals surface area contributed by atoms with E-state index in [9.17, 15) is 4.79 Å². The van der Waals surface area contributed by atoms with Crippen LogP contribution in [0.25, 0.3) is 0 Å². The van der Waals surface area contributed by atoms with E-state index in [-0.39, 0.29) is 24.3 Å². The van der Waals surface area contributed by atoms with Gasteiger partial charge in [0.05, 0.1) is 18.2 Å². The van der Waals surface area contributed by atoms with Crippen LogP contribution < -0.4 is 5.32 Å². The highest BCUT2D eigenvalue weighted by Gasteiger charge is 2.40. The molecule has 1 N–H and O–H groups in total. The zero-order chi connectivity index (χ0) is 21.6. The molecule has 3 rings (SSSR count). The number of benzene rings is 2. The van der Waals surface area contributed by atoms with Gasteiger partial charge in [-0.25, -0.2) is 0 Å². The third kappa shape index (κ3) is 6.22. The highest BCUT2D eigenvalue weighted by atomic mass is 35.5. The van der Waals surface area contributed by atoms with Crippen molar-refractivity contribution in [2.75, 3.05) is 12.4 Å². The third-order valence-electron chi connectivity index (χ3n) is 5.54. The lowest BCUT2D eigenvalue weighted by molar-refractivity contribution is -0.154. The van der Waals surface area contributed by atoms with Crippen LogP contribution in [0.2, 0.25) is 0 Å². The Morgan fingerprint density at radius 3 is 2.32 bits per heavy atom. The zero-order valence-corrected chi connectivity index (χ0v) is 19.5. The van der Waals surface area contributed by atoms with Crippen LogP contribution in [-0.4, -0.2) is 19.3 Å². The number of nitrogens with zero attached hydrogens (tertiary/aromatic N) is 1. The van der Waals surface area contributed by atoms with Gasteiger partial charge in [-0.3, -0.25) is 9.79 Å². The lowest BCUT2D eigenvalue weighted by atomic mass is 9.70. The van der Waals surface area contributed by atoms with E-state index in [0.29, 0.717) is 17.9 Å². The first-order valence-electron chi connectivity index (χ1n) is 9.99. The Kier molecular flexibility index (Phi) is 8.90. The monoisotopic (exact) mass is 458 g/mol. The Labute approximate surface area is 195 Å². The predicted molar refractivity (Wildman–Crippen MR) is 131 cm³/mol. The summed E-state index contributed by atoms with van der Waals surface area (Å²) in [5, 5.41) is 3.99. The van der Waals surface area contributed by atoms with E-state index in [1.165, 1.54) is 7.11 Å². The highest BCUT2D eigenvalue weighted by Crippen LogP contribution is 2.44. The van der Waals surface area contributed by atoms with Crippen molar-refractivity contribution in [2.45, 2.75) is 26.7 Å². The molecule has 0 bridgehead atoms. The van der Waals surface area contributed by atoms with Crippen molar-refractivity contribution in [3.63, 3.8) is 0 Å². The van der Waals surface area contributed by atoms with Crippen LogP contribution in [-0.2, 0) is 9.53 Å². The van der Waals surface area contributed by atoms with Crippen molar-refractivity contribution in [1.29, 1.82) is 0 Å². The normalized spacial score (nSPS) is 18.1. The second-order valence-corrected chi connectivity index (χ2v) is 8.31. The second kappa shape index (κ2) is 11.2. The van der Waals surface area contributed by atoms with Crippen LogP contribution in [0.5, 0.6) is 0 Å². The highest BCUT2D eigenvalue weighted by molar-refractivity contribution is 6.33. The van der Waals surface area contributed by atoms with Gasteiger partial charge in [0.2, 0.25) is 0 Å². The molecule has 6 heteroatoms. The molecule has 0 aromatic heterocycles. The summed E-state index contributed by atoms with van der Waals surface area (Å²) in [5.74, 6) is -0.186. The lowest BCUT2D eigenvalue weighted by Crippen LogP contribution is -2.36. The third-order valence-corrected chi connectivity index (χ3v) is 6.03. The average molecular weight is 459 g/mol. The van der Waals surface area contributed by atoms with E-state index in [2.05, 4.69) is 10.3 Å². The van der Waals surface area contributed by atoms with Crippen molar-refractivity contribution >= 4 is 47.6 Å². The van der Waals surface area contributed by atoms with Gasteiger partial charge < -0.3 is 10.1 Å². The molecule has 1 unspecified atom stereocenters. The molecule has 31 heavy (non-hydrogen) atoms. The maximum Gasteiger partial charge on any atom is 0.311 e. The number of carbonyl (C=O) groups excluding carboxylic acids is 1. The summed E-state index contributed by atoms with van der Waals surface area (Å²) in [6, 6.07) is 19.6. The van der Waals surface area contributed by atoms with Gasteiger partial charge in [-0.15, -0.1) is 12.4 Å². The summed E-state index contributed by atoms with van der Waals surface area (Å²) in [5.41, 5.74) is 3.04. The van der Waals surface area contributed by atoms with Crippen molar-refractivity contribution in [2.24, 2.45) is 16.3 Å². The number of methoxy groups -OCH3 is 1. The number of rotatable bonds is 6. The first-order chi connectivity index (χ1) is 14.4. The molecule has 0 saturated heterocycles. The molecular weight excluding hydrogens is 431 g/mol. The van der Waals surface area contributed by atoms with Gasteiger partial charge in [0.25, 0.3) is 0 Å². The van der Waals surface area contributed by atoms with E-state index >= 15 is 0 Å². The fraction of sp³-hybridized carbons (Fsp3) is 0.280. The lowest BCUT2D eigenvalue weighted by Gasteiger charge is -2.36.